The van der Waals surface area contributed by atoms with Crippen molar-refractivity contribution in [3.63, 3.8) is 0 Å². The number of nitrogens with two attached hydrogens (primary N) is 1. The van der Waals surface area contributed by atoms with E-state index in [1.54, 1.807) is 6.33 Å². The molecule has 134 valence electrons. The van der Waals surface area contributed by atoms with Gasteiger partial charge in [-0.1, -0.05) is 12.8 Å². The van der Waals surface area contributed by atoms with E-state index in [0.29, 0.717) is 17.8 Å². The van der Waals surface area contributed by atoms with Gasteiger partial charge in [-0.15, -0.1) is 0 Å². The zero-order valence-electron chi connectivity index (χ0n) is 15.4. The maximum absolute atomic E-state index is 6.35. The van der Waals surface area contributed by atoms with E-state index in [2.05, 4.69) is 53.6 Å². The molecule has 6 nitrogen and oxygen atoms in total. The van der Waals surface area contributed by atoms with Crippen molar-refractivity contribution in [1.29, 1.82) is 0 Å². The summed E-state index contributed by atoms with van der Waals surface area (Å²) in [4.78, 5) is 8.75. The second-order valence-electron chi connectivity index (χ2n) is 8.75. The molecule has 0 bridgehead atoms. The summed E-state index contributed by atoms with van der Waals surface area (Å²) < 4.78 is 0. The normalized spacial score (nSPS) is 24.0. The molecule has 0 unspecified atom stereocenters. The van der Waals surface area contributed by atoms with Gasteiger partial charge in [-0.3, -0.25) is 0 Å². The fraction of sp³-hybridized carbons (Fsp3) is 0.778. The molecular formula is C18H32N6. The monoisotopic (exact) mass is 332 g/mol. The van der Waals surface area contributed by atoms with Crippen LogP contribution in [0.4, 0.5) is 17.3 Å². The SMILES string of the molecule is CC1(C)CC(Nc2ncnc(NC3CCCC3)c2N)CC(C)(C)N1. The average Bonchev–Trinajstić information content (AvgIpc) is 2.92. The number of aromatic nitrogens is 2. The summed E-state index contributed by atoms with van der Waals surface area (Å²) >= 11 is 0. The number of nitrogens with zero attached hydrogens (tertiary/aromatic N) is 2. The number of anilines is 3. The molecule has 3 rings (SSSR count). The van der Waals surface area contributed by atoms with Crippen molar-refractivity contribution in [1.82, 2.24) is 15.3 Å². The van der Waals surface area contributed by atoms with E-state index in [9.17, 15) is 0 Å². The quantitative estimate of drug-likeness (QED) is 0.677. The van der Waals surface area contributed by atoms with E-state index in [-0.39, 0.29) is 11.1 Å². The third-order valence-electron chi connectivity index (χ3n) is 5.11. The number of hydrogen-bond donors (Lipinski definition) is 4. The van der Waals surface area contributed by atoms with Crippen LogP contribution in [0.15, 0.2) is 6.33 Å². The van der Waals surface area contributed by atoms with Gasteiger partial charge in [0.2, 0.25) is 0 Å². The van der Waals surface area contributed by atoms with Crippen LogP contribution >= 0.6 is 0 Å². The van der Waals surface area contributed by atoms with Gasteiger partial charge in [0.25, 0.3) is 0 Å². The molecule has 2 aliphatic rings. The summed E-state index contributed by atoms with van der Waals surface area (Å²) in [7, 11) is 0. The van der Waals surface area contributed by atoms with E-state index in [1.807, 2.05) is 0 Å². The number of piperidine rings is 1. The smallest absolute Gasteiger partial charge is 0.155 e. The molecule has 0 aromatic carbocycles. The predicted molar refractivity (Wildman–Crippen MR) is 100 cm³/mol. The van der Waals surface area contributed by atoms with Crippen LogP contribution in [-0.2, 0) is 0 Å². The minimum atomic E-state index is 0.0894. The van der Waals surface area contributed by atoms with E-state index >= 15 is 0 Å². The minimum Gasteiger partial charge on any atom is -0.393 e. The Morgan fingerprint density at radius 1 is 0.958 bits per heavy atom. The Balaban J connectivity index is 1.72. The Morgan fingerprint density at radius 2 is 1.46 bits per heavy atom. The molecular weight excluding hydrogens is 300 g/mol. The van der Waals surface area contributed by atoms with E-state index < -0.39 is 0 Å². The predicted octanol–water partition coefficient (Wildman–Crippen LogP) is 3.13. The summed E-state index contributed by atoms with van der Waals surface area (Å²) in [6.45, 7) is 9.00. The molecule has 6 heteroatoms. The number of hydrogen-bond acceptors (Lipinski definition) is 6. The molecule has 1 aliphatic heterocycles. The van der Waals surface area contributed by atoms with Crippen molar-refractivity contribution < 1.29 is 0 Å². The first kappa shape index (κ1) is 17.3. The zero-order valence-corrected chi connectivity index (χ0v) is 15.4. The van der Waals surface area contributed by atoms with Gasteiger partial charge in [-0.2, -0.15) is 0 Å². The highest BCUT2D eigenvalue weighted by molar-refractivity contribution is 5.74. The van der Waals surface area contributed by atoms with Crippen molar-refractivity contribution in [2.45, 2.75) is 89.4 Å². The number of rotatable bonds is 4. The maximum Gasteiger partial charge on any atom is 0.155 e. The van der Waals surface area contributed by atoms with Crippen molar-refractivity contribution in [2.75, 3.05) is 16.4 Å². The van der Waals surface area contributed by atoms with Gasteiger partial charge in [0.15, 0.2) is 11.6 Å². The lowest BCUT2D eigenvalue weighted by Gasteiger charge is -2.46. The molecule has 0 radical (unpaired) electrons. The molecule has 24 heavy (non-hydrogen) atoms. The largest absolute Gasteiger partial charge is 0.393 e. The second-order valence-corrected chi connectivity index (χ2v) is 8.75. The lowest BCUT2D eigenvalue weighted by molar-refractivity contribution is 0.170. The lowest BCUT2D eigenvalue weighted by atomic mass is 9.79. The van der Waals surface area contributed by atoms with Crippen molar-refractivity contribution >= 4 is 17.3 Å². The molecule has 1 aromatic rings. The molecule has 0 amide bonds. The van der Waals surface area contributed by atoms with E-state index in [4.69, 9.17) is 5.73 Å². The molecule has 1 saturated heterocycles. The van der Waals surface area contributed by atoms with Crippen LogP contribution in [0.25, 0.3) is 0 Å². The fourth-order valence-electron chi connectivity index (χ4n) is 4.51. The van der Waals surface area contributed by atoms with Crippen molar-refractivity contribution in [2.24, 2.45) is 0 Å². The third kappa shape index (κ3) is 4.09. The first-order chi connectivity index (χ1) is 11.2. The van der Waals surface area contributed by atoms with E-state index in [0.717, 1.165) is 24.5 Å². The summed E-state index contributed by atoms with van der Waals surface area (Å²) in [6.07, 6.45) is 8.63. The highest BCUT2D eigenvalue weighted by Gasteiger charge is 2.38. The summed E-state index contributed by atoms with van der Waals surface area (Å²) in [5.41, 5.74) is 7.16. The van der Waals surface area contributed by atoms with Crippen LogP contribution < -0.4 is 21.7 Å². The summed E-state index contributed by atoms with van der Waals surface area (Å²) in [6, 6.07) is 0.833. The van der Waals surface area contributed by atoms with E-state index in [1.165, 1.54) is 25.7 Å². The molecule has 0 spiro atoms. The van der Waals surface area contributed by atoms with Crippen molar-refractivity contribution in [3.05, 3.63) is 6.33 Å². The van der Waals surface area contributed by atoms with Gasteiger partial charge in [0, 0.05) is 23.2 Å². The lowest BCUT2D eigenvalue weighted by Crippen LogP contribution is -2.60. The number of nitrogen functional groups attached to an aromatic ring is 1. The third-order valence-corrected chi connectivity index (χ3v) is 5.11. The first-order valence-corrected chi connectivity index (χ1v) is 9.17. The summed E-state index contributed by atoms with van der Waals surface area (Å²) in [5.74, 6) is 1.52. The Labute approximate surface area is 145 Å². The van der Waals surface area contributed by atoms with Crippen LogP contribution in [0.1, 0.15) is 66.2 Å². The van der Waals surface area contributed by atoms with Crippen LogP contribution in [0.2, 0.25) is 0 Å². The van der Waals surface area contributed by atoms with Gasteiger partial charge >= 0.3 is 0 Å². The molecule has 0 atom stereocenters. The van der Waals surface area contributed by atoms with Crippen molar-refractivity contribution in [3.8, 4) is 0 Å². The van der Waals surface area contributed by atoms with Gasteiger partial charge < -0.3 is 21.7 Å². The summed E-state index contributed by atoms with van der Waals surface area (Å²) in [5, 5.41) is 10.8. The topological polar surface area (TPSA) is 87.9 Å². The average molecular weight is 332 g/mol. The molecule has 2 heterocycles. The minimum absolute atomic E-state index is 0.0894. The zero-order chi connectivity index (χ0) is 17.4. The Kier molecular flexibility index (Phi) is 4.60. The van der Waals surface area contributed by atoms with Gasteiger partial charge in [-0.25, -0.2) is 9.97 Å². The fourth-order valence-corrected chi connectivity index (χ4v) is 4.51. The van der Waals surface area contributed by atoms with Gasteiger partial charge in [0.05, 0.1) is 0 Å². The maximum atomic E-state index is 6.35. The van der Waals surface area contributed by atoms with Gasteiger partial charge in [0.1, 0.15) is 12.0 Å². The molecule has 1 saturated carbocycles. The molecule has 5 N–H and O–H groups in total. The van der Waals surface area contributed by atoms with Crippen LogP contribution in [0.5, 0.6) is 0 Å². The van der Waals surface area contributed by atoms with Crippen LogP contribution in [0, 0.1) is 0 Å². The first-order valence-electron chi connectivity index (χ1n) is 9.17. The molecule has 2 fully saturated rings. The highest BCUT2D eigenvalue weighted by Crippen LogP contribution is 2.33. The van der Waals surface area contributed by atoms with Gasteiger partial charge in [-0.05, 0) is 53.4 Å². The standard InChI is InChI=1S/C18H32N6/c1-17(2)9-13(10-18(3,4)24-17)23-16-14(19)15(20-11-21-16)22-12-7-5-6-8-12/h11-13,24H,5-10,19H2,1-4H3,(H2,20,21,22,23). The Hall–Kier alpha value is -1.56. The molecule has 1 aromatic heterocycles. The Morgan fingerprint density at radius 3 is 2.00 bits per heavy atom. The number of nitrogens with one attached hydrogen (secondary N) is 3. The second kappa shape index (κ2) is 6.39. The molecule has 1 aliphatic carbocycles. The van der Waals surface area contributed by atoms with Crippen LogP contribution in [0.3, 0.4) is 0 Å². The highest BCUT2D eigenvalue weighted by atomic mass is 15.1. The van der Waals surface area contributed by atoms with Crippen LogP contribution in [-0.4, -0.2) is 33.1 Å². The Bertz CT molecular complexity index is 561.